The number of amides is 1. The van der Waals surface area contributed by atoms with Crippen molar-refractivity contribution in [1.29, 1.82) is 0 Å². The zero-order chi connectivity index (χ0) is 18.2. The first-order chi connectivity index (χ1) is 12.8. The lowest BCUT2D eigenvalue weighted by Gasteiger charge is -2.42. The van der Waals surface area contributed by atoms with E-state index in [0.29, 0.717) is 19.2 Å². The van der Waals surface area contributed by atoms with Crippen LogP contribution in [0.2, 0.25) is 0 Å². The summed E-state index contributed by atoms with van der Waals surface area (Å²) < 4.78 is 5.02. The van der Waals surface area contributed by atoms with E-state index in [0.717, 1.165) is 45.6 Å². The summed E-state index contributed by atoms with van der Waals surface area (Å²) in [6.45, 7) is 6.62. The van der Waals surface area contributed by atoms with Crippen LogP contribution < -0.4 is 5.32 Å². The van der Waals surface area contributed by atoms with Crippen LogP contribution in [-0.4, -0.2) is 68.2 Å². The summed E-state index contributed by atoms with van der Waals surface area (Å²) in [4.78, 5) is 17.5. The molecule has 2 aliphatic heterocycles. The Morgan fingerprint density at radius 3 is 2.65 bits per heavy atom. The quantitative estimate of drug-likeness (QED) is 0.758. The second-order valence-electron chi connectivity index (χ2n) is 7.61. The molecular formula is C21H33N3O2. The molecule has 0 radical (unpaired) electrons. The van der Waals surface area contributed by atoms with Gasteiger partial charge in [0, 0.05) is 32.8 Å². The average molecular weight is 360 g/mol. The number of hydrogen-bond donors (Lipinski definition) is 1. The van der Waals surface area contributed by atoms with E-state index in [1.807, 2.05) is 0 Å². The second-order valence-corrected chi connectivity index (χ2v) is 7.61. The first kappa shape index (κ1) is 19.3. The van der Waals surface area contributed by atoms with E-state index in [-0.39, 0.29) is 11.8 Å². The summed E-state index contributed by atoms with van der Waals surface area (Å²) in [5.41, 5.74) is 1.40. The van der Waals surface area contributed by atoms with Gasteiger partial charge in [-0.05, 0) is 50.9 Å². The van der Waals surface area contributed by atoms with Gasteiger partial charge in [0.1, 0.15) is 0 Å². The summed E-state index contributed by atoms with van der Waals surface area (Å²) in [6.07, 6.45) is 4.57. The van der Waals surface area contributed by atoms with E-state index < -0.39 is 0 Å². The molecule has 2 saturated heterocycles. The third-order valence-electron chi connectivity index (χ3n) is 5.75. The zero-order valence-corrected chi connectivity index (χ0v) is 16.0. The molecule has 1 N–H and O–H groups in total. The predicted octanol–water partition coefficient (Wildman–Crippen LogP) is 2.13. The molecule has 0 saturated carbocycles. The monoisotopic (exact) mass is 359 g/mol. The van der Waals surface area contributed by atoms with Gasteiger partial charge in [0.25, 0.3) is 0 Å². The Morgan fingerprint density at radius 1 is 1.15 bits per heavy atom. The van der Waals surface area contributed by atoms with Crippen molar-refractivity contribution in [2.75, 3.05) is 46.4 Å². The van der Waals surface area contributed by atoms with Crippen molar-refractivity contribution in [3.63, 3.8) is 0 Å². The summed E-state index contributed by atoms with van der Waals surface area (Å²) >= 11 is 0. The molecule has 0 bridgehead atoms. The lowest BCUT2D eigenvalue weighted by molar-refractivity contribution is -0.127. The molecule has 1 aromatic carbocycles. The highest BCUT2D eigenvalue weighted by Crippen LogP contribution is 2.24. The number of carbonyl (C=O) groups is 1. The van der Waals surface area contributed by atoms with Crippen LogP contribution in [0.3, 0.4) is 0 Å². The van der Waals surface area contributed by atoms with E-state index in [4.69, 9.17) is 4.74 Å². The van der Waals surface area contributed by atoms with Crippen LogP contribution in [0.5, 0.6) is 0 Å². The van der Waals surface area contributed by atoms with Gasteiger partial charge in [-0.1, -0.05) is 30.3 Å². The molecule has 2 heterocycles. The van der Waals surface area contributed by atoms with Crippen LogP contribution in [0.4, 0.5) is 0 Å². The summed E-state index contributed by atoms with van der Waals surface area (Å²) in [7, 11) is 1.67. The normalized spacial score (nSPS) is 23.0. The third kappa shape index (κ3) is 5.53. The molecule has 0 aliphatic carbocycles. The fourth-order valence-corrected chi connectivity index (χ4v) is 4.26. The van der Waals surface area contributed by atoms with E-state index in [1.165, 1.54) is 18.4 Å². The molecule has 1 atom stereocenters. The molecule has 1 amide bonds. The van der Waals surface area contributed by atoms with Crippen LogP contribution in [-0.2, 0) is 16.1 Å². The maximum Gasteiger partial charge on any atom is 0.224 e. The first-order valence-electron chi connectivity index (χ1n) is 10.0. The molecule has 2 fully saturated rings. The first-order valence-corrected chi connectivity index (χ1v) is 10.0. The van der Waals surface area contributed by atoms with E-state index in [2.05, 4.69) is 45.4 Å². The molecule has 2 aliphatic rings. The standard InChI is InChI=1S/C21H33N3O2/c1-26-15-11-22-21(25)19-8-5-12-24(17-19)20-9-13-23(14-10-20)16-18-6-3-2-4-7-18/h2-4,6-7,19-20H,5,8-17H2,1H3,(H,22,25). The molecule has 144 valence electrons. The van der Waals surface area contributed by atoms with Gasteiger partial charge in [0.15, 0.2) is 0 Å². The highest BCUT2D eigenvalue weighted by molar-refractivity contribution is 5.78. The Balaban J connectivity index is 1.43. The number of likely N-dealkylation sites (tertiary alicyclic amines) is 2. The van der Waals surface area contributed by atoms with Gasteiger partial charge in [-0.2, -0.15) is 0 Å². The lowest BCUT2D eigenvalue weighted by Crippen LogP contribution is -2.50. The number of carbonyl (C=O) groups excluding carboxylic acids is 1. The number of benzene rings is 1. The van der Waals surface area contributed by atoms with Gasteiger partial charge in [-0.15, -0.1) is 0 Å². The highest BCUT2D eigenvalue weighted by atomic mass is 16.5. The number of ether oxygens (including phenoxy) is 1. The number of rotatable bonds is 7. The number of nitrogens with zero attached hydrogens (tertiary/aromatic N) is 2. The Labute approximate surface area is 157 Å². The molecule has 26 heavy (non-hydrogen) atoms. The number of methoxy groups -OCH3 is 1. The van der Waals surface area contributed by atoms with E-state index >= 15 is 0 Å². The van der Waals surface area contributed by atoms with Crippen molar-refractivity contribution in [3.05, 3.63) is 35.9 Å². The maximum absolute atomic E-state index is 12.4. The number of hydrogen-bond acceptors (Lipinski definition) is 4. The predicted molar refractivity (Wildman–Crippen MR) is 104 cm³/mol. The number of piperidine rings is 2. The van der Waals surface area contributed by atoms with Crippen LogP contribution >= 0.6 is 0 Å². The maximum atomic E-state index is 12.4. The van der Waals surface area contributed by atoms with Crippen LogP contribution in [0.1, 0.15) is 31.2 Å². The van der Waals surface area contributed by atoms with Crippen molar-refractivity contribution in [3.8, 4) is 0 Å². The van der Waals surface area contributed by atoms with Crippen molar-refractivity contribution in [2.24, 2.45) is 5.92 Å². The fraction of sp³-hybridized carbons (Fsp3) is 0.667. The Morgan fingerprint density at radius 2 is 1.92 bits per heavy atom. The number of nitrogens with one attached hydrogen (secondary N) is 1. The largest absolute Gasteiger partial charge is 0.383 e. The SMILES string of the molecule is COCCNC(=O)C1CCCN(C2CCN(Cc3ccccc3)CC2)C1. The van der Waals surface area contributed by atoms with Crippen molar-refractivity contribution in [1.82, 2.24) is 15.1 Å². The minimum absolute atomic E-state index is 0.142. The molecule has 3 rings (SSSR count). The van der Waals surface area contributed by atoms with Crippen LogP contribution in [0.15, 0.2) is 30.3 Å². The Bertz CT molecular complexity index is 543. The minimum Gasteiger partial charge on any atom is -0.383 e. The van der Waals surface area contributed by atoms with Crippen molar-refractivity contribution in [2.45, 2.75) is 38.3 Å². The van der Waals surface area contributed by atoms with Crippen LogP contribution in [0.25, 0.3) is 0 Å². The van der Waals surface area contributed by atoms with Crippen molar-refractivity contribution < 1.29 is 9.53 Å². The van der Waals surface area contributed by atoms with Gasteiger partial charge < -0.3 is 10.1 Å². The molecule has 1 unspecified atom stereocenters. The molecule has 5 nitrogen and oxygen atoms in total. The topological polar surface area (TPSA) is 44.8 Å². The lowest BCUT2D eigenvalue weighted by atomic mass is 9.93. The van der Waals surface area contributed by atoms with Gasteiger partial charge in [-0.25, -0.2) is 0 Å². The fourth-order valence-electron chi connectivity index (χ4n) is 4.26. The van der Waals surface area contributed by atoms with Gasteiger partial charge in [0.05, 0.1) is 12.5 Å². The van der Waals surface area contributed by atoms with E-state index in [1.54, 1.807) is 7.11 Å². The average Bonchev–Trinajstić information content (AvgIpc) is 2.69. The van der Waals surface area contributed by atoms with Gasteiger partial charge in [-0.3, -0.25) is 14.6 Å². The molecule has 1 aromatic rings. The zero-order valence-electron chi connectivity index (χ0n) is 16.0. The second kappa shape index (κ2) is 10.0. The van der Waals surface area contributed by atoms with E-state index in [9.17, 15) is 4.79 Å². The van der Waals surface area contributed by atoms with Crippen molar-refractivity contribution >= 4 is 5.91 Å². The third-order valence-corrected chi connectivity index (χ3v) is 5.75. The summed E-state index contributed by atoms with van der Waals surface area (Å²) in [5.74, 6) is 0.344. The molecule has 0 aromatic heterocycles. The van der Waals surface area contributed by atoms with Gasteiger partial charge in [0.2, 0.25) is 5.91 Å². The molecule has 0 spiro atoms. The summed E-state index contributed by atoms with van der Waals surface area (Å²) in [6, 6.07) is 11.4. The Kier molecular flexibility index (Phi) is 7.47. The highest BCUT2D eigenvalue weighted by Gasteiger charge is 2.31. The van der Waals surface area contributed by atoms with Gasteiger partial charge >= 0.3 is 0 Å². The van der Waals surface area contributed by atoms with Crippen LogP contribution in [0, 0.1) is 5.92 Å². The molecular weight excluding hydrogens is 326 g/mol. The molecule has 5 heteroatoms. The Hall–Kier alpha value is -1.43. The smallest absolute Gasteiger partial charge is 0.224 e. The minimum atomic E-state index is 0.142. The summed E-state index contributed by atoms with van der Waals surface area (Å²) in [5, 5.41) is 3.01.